The number of esters is 1. The summed E-state index contributed by atoms with van der Waals surface area (Å²) < 4.78 is 6.89. The van der Waals surface area contributed by atoms with Gasteiger partial charge in [-0.2, -0.15) is 0 Å². The number of benzene rings is 1. The predicted molar refractivity (Wildman–Crippen MR) is 127 cm³/mol. The summed E-state index contributed by atoms with van der Waals surface area (Å²) >= 11 is 0. The average Bonchev–Trinajstić information content (AvgIpc) is 3.02. The lowest BCUT2D eigenvalue weighted by Crippen LogP contribution is -2.45. The van der Waals surface area contributed by atoms with Crippen LogP contribution in [0.2, 0.25) is 0 Å². The van der Waals surface area contributed by atoms with Gasteiger partial charge in [-0.25, -0.2) is 0 Å². The van der Waals surface area contributed by atoms with Gasteiger partial charge >= 0.3 is 5.97 Å². The maximum Gasteiger partial charge on any atom is 0.310 e. The Balaban J connectivity index is 1.53. The number of nitrogens with zero attached hydrogens (tertiary/aromatic N) is 3. The number of carbonyl (C=O) groups excluding carboxylic acids is 4. The van der Waals surface area contributed by atoms with E-state index in [9.17, 15) is 19.2 Å². The number of ether oxygens (including phenoxy) is 1. The van der Waals surface area contributed by atoms with Gasteiger partial charge in [0.2, 0.25) is 5.91 Å². The Morgan fingerprint density at radius 3 is 2.38 bits per heavy atom. The Bertz CT molecular complexity index is 1070. The lowest BCUT2D eigenvalue weighted by molar-refractivity contribution is -0.150. The van der Waals surface area contributed by atoms with Gasteiger partial charge < -0.3 is 19.1 Å². The fourth-order valence-corrected chi connectivity index (χ4v) is 5.00. The van der Waals surface area contributed by atoms with Crippen LogP contribution in [0.25, 0.3) is 10.9 Å². The van der Waals surface area contributed by atoms with Crippen LogP contribution in [0, 0.1) is 5.92 Å². The molecule has 0 bridgehead atoms. The number of rotatable bonds is 6. The molecule has 8 heteroatoms. The van der Waals surface area contributed by atoms with Crippen molar-refractivity contribution < 1.29 is 23.9 Å². The first kappa shape index (κ1) is 24.0. The van der Waals surface area contributed by atoms with Crippen LogP contribution in [0.15, 0.2) is 30.5 Å². The monoisotopic (exact) mass is 467 g/mol. The number of piperidine rings is 1. The fourth-order valence-electron chi connectivity index (χ4n) is 5.00. The maximum absolute atomic E-state index is 13.3. The zero-order valence-electron chi connectivity index (χ0n) is 19.8. The van der Waals surface area contributed by atoms with Crippen LogP contribution >= 0.6 is 0 Å². The van der Waals surface area contributed by atoms with Crippen molar-refractivity contribution in [3.8, 4) is 0 Å². The molecule has 0 aliphatic carbocycles. The van der Waals surface area contributed by atoms with Crippen molar-refractivity contribution >= 4 is 34.5 Å². The summed E-state index contributed by atoms with van der Waals surface area (Å²) in [6.07, 6.45) is 7.24. The zero-order valence-corrected chi connectivity index (χ0v) is 19.8. The second-order valence-electron chi connectivity index (χ2n) is 9.15. The highest BCUT2D eigenvalue weighted by Gasteiger charge is 2.33. The molecule has 2 aliphatic rings. The largest absolute Gasteiger partial charge is 0.466 e. The first-order valence-corrected chi connectivity index (χ1v) is 12.4. The Hall–Kier alpha value is -3.16. The molecule has 0 spiro atoms. The van der Waals surface area contributed by atoms with Gasteiger partial charge in [0, 0.05) is 43.3 Å². The highest BCUT2D eigenvalue weighted by Crippen LogP contribution is 2.25. The number of carbonyl (C=O) groups is 4. The molecule has 4 rings (SSSR count). The molecular formula is C26H33N3O5. The number of aromatic nitrogens is 1. The van der Waals surface area contributed by atoms with E-state index >= 15 is 0 Å². The summed E-state index contributed by atoms with van der Waals surface area (Å²) in [5, 5.41) is 0.656. The van der Waals surface area contributed by atoms with Crippen molar-refractivity contribution in [3.05, 3.63) is 36.0 Å². The number of ketones is 1. The van der Waals surface area contributed by atoms with Crippen molar-refractivity contribution in [1.29, 1.82) is 0 Å². The first-order valence-electron chi connectivity index (χ1n) is 12.4. The van der Waals surface area contributed by atoms with Crippen LogP contribution in [-0.4, -0.2) is 70.7 Å². The van der Waals surface area contributed by atoms with Gasteiger partial charge in [0.1, 0.15) is 6.54 Å². The van der Waals surface area contributed by atoms with E-state index in [0.717, 1.165) is 44.3 Å². The Morgan fingerprint density at radius 2 is 1.65 bits per heavy atom. The minimum Gasteiger partial charge on any atom is -0.466 e. The van der Waals surface area contributed by atoms with E-state index in [0.29, 0.717) is 30.3 Å². The lowest BCUT2D eigenvalue weighted by atomic mass is 9.97. The van der Waals surface area contributed by atoms with Crippen molar-refractivity contribution in [2.24, 2.45) is 5.92 Å². The second kappa shape index (κ2) is 10.8. The van der Waals surface area contributed by atoms with Crippen LogP contribution in [0.3, 0.4) is 0 Å². The molecule has 2 aliphatic heterocycles. The van der Waals surface area contributed by atoms with E-state index < -0.39 is 17.6 Å². The third kappa shape index (κ3) is 5.16. The molecule has 2 saturated heterocycles. The van der Waals surface area contributed by atoms with E-state index in [1.54, 1.807) is 23.8 Å². The number of amides is 2. The van der Waals surface area contributed by atoms with Crippen LogP contribution in [-0.2, 0) is 25.7 Å². The van der Waals surface area contributed by atoms with Crippen LogP contribution in [0.1, 0.15) is 55.8 Å². The number of hydrogen-bond donors (Lipinski definition) is 0. The number of fused-ring (bicyclic) bond motifs is 1. The van der Waals surface area contributed by atoms with E-state index in [2.05, 4.69) is 0 Å². The Labute approximate surface area is 199 Å². The molecule has 1 aromatic carbocycles. The van der Waals surface area contributed by atoms with Gasteiger partial charge in [0.05, 0.1) is 18.1 Å². The summed E-state index contributed by atoms with van der Waals surface area (Å²) in [6.45, 7) is 4.33. The van der Waals surface area contributed by atoms with Crippen LogP contribution in [0.4, 0.5) is 0 Å². The number of Topliss-reactive ketones (excluding diaryl/α,β-unsaturated/α-hetero) is 1. The molecule has 8 nitrogen and oxygen atoms in total. The minimum absolute atomic E-state index is 0.0290. The highest BCUT2D eigenvalue weighted by molar-refractivity contribution is 6.45. The van der Waals surface area contributed by atoms with E-state index in [1.807, 2.05) is 23.1 Å². The number of likely N-dealkylation sites (tertiary alicyclic amines) is 2. The summed E-state index contributed by atoms with van der Waals surface area (Å²) in [7, 11) is 0. The van der Waals surface area contributed by atoms with E-state index in [4.69, 9.17) is 4.74 Å². The van der Waals surface area contributed by atoms with Crippen molar-refractivity contribution in [2.75, 3.05) is 32.8 Å². The Kier molecular flexibility index (Phi) is 7.65. The Morgan fingerprint density at radius 1 is 0.941 bits per heavy atom. The smallest absolute Gasteiger partial charge is 0.310 e. The van der Waals surface area contributed by atoms with E-state index in [-0.39, 0.29) is 31.6 Å². The van der Waals surface area contributed by atoms with E-state index in [1.165, 1.54) is 4.90 Å². The summed E-state index contributed by atoms with van der Waals surface area (Å²) in [4.78, 5) is 54.9. The fraction of sp³-hybridized carbons (Fsp3) is 0.538. The molecule has 0 saturated carbocycles. The normalized spacial score (nSPS) is 19.0. The summed E-state index contributed by atoms with van der Waals surface area (Å²) in [6, 6.07) is 7.35. The zero-order chi connectivity index (χ0) is 24.1. The summed E-state index contributed by atoms with van der Waals surface area (Å²) in [5.41, 5.74) is 1.05. The maximum atomic E-state index is 13.3. The second-order valence-corrected chi connectivity index (χ2v) is 9.15. The standard InChI is InChI=1S/C26H33N3O5/c1-2-34-26(33)19-10-9-15-28(16-19)25(32)24(31)21-17-29(22-12-6-5-11-20(21)22)18-23(30)27-13-7-3-4-8-14-27/h5-6,11-12,17,19H,2-4,7-10,13-16,18H2,1H3. The van der Waals surface area contributed by atoms with Gasteiger partial charge in [-0.15, -0.1) is 0 Å². The molecule has 34 heavy (non-hydrogen) atoms. The van der Waals surface area contributed by atoms with Crippen molar-refractivity contribution in [3.63, 3.8) is 0 Å². The van der Waals surface area contributed by atoms with Crippen LogP contribution in [0.5, 0.6) is 0 Å². The minimum atomic E-state index is -0.615. The van der Waals surface area contributed by atoms with Gasteiger partial charge in [-0.05, 0) is 38.7 Å². The quantitative estimate of drug-likeness (QED) is 0.370. The third-order valence-electron chi connectivity index (χ3n) is 6.82. The molecule has 1 unspecified atom stereocenters. The molecule has 2 aromatic rings. The van der Waals surface area contributed by atoms with Gasteiger partial charge in [0.25, 0.3) is 11.7 Å². The van der Waals surface area contributed by atoms with Gasteiger partial charge in [0.15, 0.2) is 0 Å². The molecule has 1 atom stereocenters. The average molecular weight is 468 g/mol. The summed E-state index contributed by atoms with van der Waals surface area (Å²) in [5.74, 6) is -1.92. The molecule has 0 N–H and O–H groups in total. The topological polar surface area (TPSA) is 88.9 Å². The number of para-hydroxylation sites is 1. The molecule has 182 valence electrons. The predicted octanol–water partition coefficient (Wildman–Crippen LogP) is 3.03. The van der Waals surface area contributed by atoms with Crippen LogP contribution < -0.4 is 0 Å². The lowest BCUT2D eigenvalue weighted by Gasteiger charge is -2.31. The molecule has 0 radical (unpaired) electrons. The molecule has 3 heterocycles. The molecular weight excluding hydrogens is 434 g/mol. The van der Waals surface area contributed by atoms with Crippen molar-refractivity contribution in [1.82, 2.24) is 14.4 Å². The van der Waals surface area contributed by atoms with Gasteiger partial charge in [-0.3, -0.25) is 19.2 Å². The highest BCUT2D eigenvalue weighted by atomic mass is 16.5. The SMILES string of the molecule is CCOC(=O)C1CCCN(C(=O)C(=O)c2cn(CC(=O)N3CCCCCC3)c3ccccc23)C1. The molecule has 2 amide bonds. The van der Waals surface area contributed by atoms with Crippen molar-refractivity contribution in [2.45, 2.75) is 52.0 Å². The molecule has 1 aromatic heterocycles. The first-order chi connectivity index (χ1) is 16.5. The van der Waals surface area contributed by atoms with Gasteiger partial charge in [-0.1, -0.05) is 31.0 Å². The molecule has 2 fully saturated rings. The number of hydrogen-bond acceptors (Lipinski definition) is 5. The third-order valence-corrected chi connectivity index (χ3v) is 6.82.